The van der Waals surface area contributed by atoms with Gasteiger partial charge in [-0.2, -0.15) is 0 Å². The monoisotopic (exact) mass is 242 g/mol. The maximum absolute atomic E-state index is 12.2. The molecule has 2 aliphatic rings. The van der Waals surface area contributed by atoms with Gasteiger partial charge in [0.25, 0.3) is 0 Å². The summed E-state index contributed by atoms with van der Waals surface area (Å²) in [5, 5.41) is 6.61. The van der Waals surface area contributed by atoms with Crippen LogP contribution in [0.25, 0.3) is 0 Å². The highest BCUT2D eigenvalue weighted by molar-refractivity contribution is 8.01. The summed E-state index contributed by atoms with van der Waals surface area (Å²) < 4.78 is -0.153. The molecule has 3 nitrogen and oxygen atoms in total. The first-order valence-corrected chi connectivity index (χ1v) is 7.35. The Balaban J connectivity index is 1.85. The molecule has 92 valence electrons. The normalized spacial score (nSPS) is 35.7. The second-order valence-electron chi connectivity index (χ2n) is 5.03. The molecule has 2 rings (SSSR count). The zero-order chi connectivity index (χ0) is 11.4. The van der Waals surface area contributed by atoms with Gasteiger partial charge in [0.15, 0.2) is 0 Å². The molecular formula is C12H22N2OS. The fourth-order valence-corrected chi connectivity index (χ4v) is 3.68. The molecule has 2 N–H and O–H groups in total. The lowest BCUT2D eigenvalue weighted by Crippen LogP contribution is -2.45. The molecule has 2 aliphatic heterocycles. The van der Waals surface area contributed by atoms with Crippen LogP contribution in [-0.4, -0.2) is 35.5 Å². The van der Waals surface area contributed by atoms with E-state index in [1.165, 1.54) is 12.8 Å². The van der Waals surface area contributed by atoms with Gasteiger partial charge < -0.3 is 10.6 Å². The van der Waals surface area contributed by atoms with E-state index in [1.807, 2.05) is 11.8 Å². The maximum Gasteiger partial charge on any atom is 0.236 e. The summed E-state index contributed by atoms with van der Waals surface area (Å²) in [4.78, 5) is 12.2. The third kappa shape index (κ3) is 2.92. The Labute approximate surface area is 102 Å². The number of carbonyl (C=O) groups is 1. The van der Waals surface area contributed by atoms with Crippen LogP contribution >= 0.6 is 11.8 Å². The summed E-state index contributed by atoms with van der Waals surface area (Å²) in [6.07, 6.45) is 5.59. The van der Waals surface area contributed by atoms with E-state index in [9.17, 15) is 4.79 Å². The van der Waals surface area contributed by atoms with E-state index in [0.29, 0.717) is 6.04 Å². The first kappa shape index (κ1) is 12.2. The van der Waals surface area contributed by atoms with Crippen molar-refractivity contribution in [2.75, 3.05) is 18.8 Å². The molecule has 2 unspecified atom stereocenters. The highest BCUT2D eigenvalue weighted by Crippen LogP contribution is 2.37. The molecular weight excluding hydrogens is 220 g/mol. The molecule has 0 spiro atoms. The first-order chi connectivity index (χ1) is 7.71. The summed E-state index contributed by atoms with van der Waals surface area (Å²) in [6.45, 7) is 4.22. The molecule has 0 aromatic rings. The van der Waals surface area contributed by atoms with Crippen molar-refractivity contribution in [2.45, 2.75) is 49.8 Å². The largest absolute Gasteiger partial charge is 0.352 e. The molecule has 0 aliphatic carbocycles. The van der Waals surface area contributed by atoms with Crippen LogP contribution in [0.5, 0.6) is 0 Å². The van der Waals surface area contributed by atoms with Crippen molar-refractivity contribution >= 4 is 17.7 Å². The number of thioether (sulfide) groups is 1. The van der Waals surface area contributed by atoms with Crippen LogP contribution in [0.1, 0.15) is 39.0 Å². The predicted molar refractivity (Wildman–Crippen MR) is 68.7 cm³/mol. The van der Waals surface area contributed by atoms with E-state index >= 15 is 0 Å². The Morgan fingerprint density at radius 2 is 2.25 bits per heavy atom. The Bertz CT molecular complexity index is 243. The van der Waals surface area contributed by atoms with Crippen LogP contribution in [0, 0.1) is 0 Å². The number of rotatable bonds is 2. The van der Waals surface area contributed by atoms with Gasteiger partial charge in [-0.05, 0) is 57.9 Å². The summed E-state index contributed by atoms with van der Waals surface area (Å²) in [6, 6.07) is 0.389. The third-order valence-electron chi connectivity index (χ3n) is 3.61. The molecule has 16 heavy (non-hydrogen) atoms. The van der Waals surface area contributed by atoms with Crippen LogP contribution in [0.15, 0.2) is 0 Å². The second-order valence-corrected chi connectivity index (χ2v) is 6.63. The molecule has 0 radical (unpaired) electrons. The van der Waals surface area contributed by atoms with Gasteiger partial charge in [0.05, 0.1) is 4.75 Å². The Morgan fingerprint density at radius 3 is 3.00 bits per heavy atom. The van der Waals surface area contributed by atoms with Gasteiger partial charge in [-0.15, -0.1) is 11.8 Å². The molecule has 0 aromatic heterocycles. The summed E-state index contributed by atoms with van der Waals surface area (Å²) in [5.74, 6) is 1.40. The van der Waals surface area contributed by atoms with E-state index in [-0.39, 0.29) is 10.7 Å². The zero-order valence-corrected chi connectivity index (χ0v) is 10.9. The van der Waals surface area contributed by atoms with Crippen molar-refractivity contribution in [3.8, 4) is 0 Å². The van der Waals surface area contributed by atoms with E-state index in [4.69, 9.17) is 0 Å². The van der Waals surface area contributed by atoms with Crippen LogP contribution in [-0.2, 0) is 4.79 Å². The third-order valence-corrected chi connectivity index (χ3v) is 5.13. The predicted octanol–water partition coefficient (Wildman–Crippen LogP) is 1.53. The lowest BCUT2D eigenvalue weighted by Gasteiger charge is -2.25. The van der Waals surface area contributed by atoms with E-state index < -0.39 is 0 Å². The summed E-state index contributed by atoms with van der Waals surface area (Å²) in [7, 11) is 0. The highest BCUT2D eigenvalue weighted by atomic mass is 32.2. The van der Waals surface area contributed by atoms with E-state index in [1.54, 1.807) is 0 Å². The summed E-state index contributed by atoms with van der Waals surface area (Å²) >= 11 is 1.82. The number of hydrogen-bond donors (Lipinski definition) is 2. The zero-order valence-electron chi connectivity index (χ0n) is 10.1. The van der Waals surface area contributed by atoms with Crippen molar-refractivity contribution < 1.29 is 4.79 Å². The lowest BCUT2D eigenvalue weighted by molar-refractivity contribution is -0.123. The van der Waals surface area contributed by atoms with Crippen LogP contribution in [0.4, 0.5) is 0 Å². The average molecular weight is 242 g/mol. The highest BCUT2D eigenvalue weighted by Gasteiger charge is 2.37. The van der Waals surface area contributed by atoms with E-state index in [0.717, 1.165) is 38.1 Å². The van der Waals surface area contributed by atoms with Crippen molar-refractivity contribution in [3.05, 3.63) is 0 Å². The lowest BCUT2D eigenvalue weighted by atomic mass is 10.0. The quantitative estimate of drug-likeness (QED) is 0.771. The standard InChI is InChI=1S/C12H22N2OS/c1-12(6-3-9-16-12)11(15)14-10-4-2-7-13-8-5-10/h10,13H,2-9H2,1H3,(H,14,15). The Hall–Kier alpha value is -0.220. The fraction of sp³-hybridized carbons (Fsp3) is 0.917. The molecule has 1 amide bonds. The average Bonchev–Trinajstić information content (AvgIpc) is 2.56. The van der Waals surface area contributed by atoms with Gasteiger partial charge in [0.1, 0.15) is 0 Å². The van der Waals surface area contributed by atoms with Gasteiger partial charge in [-0.3, -0.25) is 4.79 Å². The van der Waals surface area contributed by atoms with Crippen LogP contribution in [0.2, 0.25) is 0 Å². The van der Waals surface area contributed by atoms with Gasteiger partial charge in [-0.1, -0.05) is 0 Å². The molecule has 2 fully saturated rings. The van der Waals surface area contributed by atoms with Crippen molar-refractivity contribution in [3.63, 3.8) is 0 Å². The maximum atomic E-state index is 12.2. The molecule has 2 atom stereocenters. The van der Waals surface area contributed by atoms with Crippen molar-refractivity contribution in [2.24, 2.45) is 0 Å². The van der Waals surface area contributed by atoms with Crippen molar-refractivity contribution in [1.82, 2.24) is 10.6 Å². The van der Waals surface area contributed by atoms with Crippen molar-refractivity contribution in [1.29, 1.82) is 0 Å². The smallest absolute Gasteiger partial charge is 0.236 e. The van der Waals surface area contributed by atoms with Gasteiger partial charge in [0, 0.05) is 6.04 Å². The van der Waals surface area contributed by atoms with E-state index in [2.05, 4.69) is 17.6 Å². The second kappa shape index (κ2) is 5.41. The van der Waals surface area contributed by atoms with Gasteiger partial charge in [-0.25, -0.2) is 0 Å². The number of nitrogens with one attached hydrogen (secondary N) is 2. The molecule has 2 heterocycles. The number of amides is 1. The number of carbonyl (C=O) groups excluding carboxylic acids is 1. The molecule has 0 aromatic carbocycles. The fourth-order valence-electron chi connectivity index (χ4n) is 2.46. The molecule has 0 bridgehead atoms. The minimum absolute atomic E-state index is 0.153. The number of hydrogen-bond acceptors (Lipinski definition) is 3. The van der Waals surface area contributed by atoms with Crippen LogP contribution < -0.4 is 10.6 Å². The Morgan fingerprint density at radius 1 is 1.38 bits per heavy atom. The minimum atomic E-state index is -0.153. The summed E-state index contributed by atoms with van der Waals surface area (Å²) in [5.41, 5.74) is 0. The first-order valence-electron chi connectivity index (χ1n) is 6.36. The Kier molecular flexibility index (Phi) is 4.14. The molecule has 2 saturated heterocycles. The molecule has 4 heteroatoms. The van der Waals surface area contributed by atoms with Gasteiger partial charge in [0.2, 0.25) is 5.91 Å². The SMILES string of the molecule is CC1(C(=O)NC2CCCNCC2)CCCS1. The topological polar surface area (TPSA) is 41.1 Å². The van der Waals surface area contributed by atoms with Gasteiger partial charge >= 0.3 is 0 Å². The molecule has 0 saturated carbocycles. The van der Waals surface area contributed by atoms with Crippen LogP contribution in [0.3, 0.4) is 0 Å². The minimum Gasteiger partial charge on any atom is -0.352 e.